The molecule has 0 saturated heterocycles. The molecule has 7 rings (SSSR count). The zero-order valence-corrected chi connectivity index (χ0v) is 13.8. The summed E-state index contributed by atoms with van der Waals surface area (Å²) in [6, 6.07) is 23.4. The van der Waals surface area contributed by atoms with E-state index in [9.17, 15) is 0 Å². The van der Waals surface area contributed by atoms with Gasteiger partial charge in [-0.2, -0.15) is 0 Å². The van der Waals surface area contributed by atoms with Crippen LogP contribution in [0.1, 0.15) is 69.2 Å². The molecule has 0 fully saturated rings. The van der Waals surface area contributed by atoms with Gasteiger partial charge < -0.3 is 0 Å². The van der Waals surface area contributed by atoms with Gasteiger partial charge in [0, 0.05) is 11.8 Å². The fourth-order valence-corrected chi connectivity index (χ4v) is 5.40. The Hall–Kier alpha value is -2.34. The Balaban J connectivity index is 1.69. The van der Waals surface area contributed by atoms with E-state index < -0.39 is 0 Å². The van der Waals surface area contributed by atoms with Gasteiger partial charge in [-0.05, 0) is 70.2 Å². The van der Waals surface area contributed by atoms with E-state index in [0.717, 1.165) is 0 Å². The number of fused-ring (bicyclic) bond motifs is 1. The molecule has 0 N–H and O–H groups in total. The van der Waals surface area contributed by atoms with Gasteiger partial charge in [-0.1, -0.05) is 60.7 Å². The molecular weight excluding hydrogens is 288 g/mol. The zero-order valence-electron chi connectivity index (χ0n) is 13.8. The first-order valence-corrected chi connectivity index (χ1v) is 9.25. The summed E-state index contributed by atoms with van der Waals surface area (Å²) in [6.45, 7) is 0. The first kappa shape index (κ1) is 13.0. The van der Waals surface area contributed by atoms with E-state index in [1.165, 1.54) is 47.9 Å². The number of aryl methyl sites for hydroxylation is 2. The number of benzene rings is 3. The van der Waals surface area contributed by atoms with Crippen molar-refractivity contribution in [2.75, 3.05) is 0 Å². The van der Waals surface area contributed by atoms with Crippen molar-refractivity contribution in [3.8, 4) is 0 Å². The molecule has 0 heteroatoms. The van der Waals surface area contributed by atoms with Gasteiger partial charge in [-0.15, -0.1) is 0 Å². The van der Waals surface area contributed by atoms with Crippen LogP contribution in [-0.2, 0) is 12.8 Å². The van der Waals surface area contributed by atoms with Gasteiger partial charge in [0.25, 0.3) is 0 Å². The summed E-state index contributed by atoms with van der Waals surface area (Å²) in [7, 11) is 0. The van der Waals surface area contributed by atoms with Crippen molar-refractivity contribution in [3.63, 3.8) is 0 Å². The first-order valence-electron chi connectivity index (χ1n) is 9.25. The summed E-state index contributed by atoms with van der Waals surface area (Å²) < 4.78 is 0. The average molecular weight is 308 g/mol. The molecular formula is C24H20. The van der Waals surface area contributed by atoms with Gasteiger partial charge in [0.15, 0.2) is 0 Å². The third kappa shape index (κ3) is 1.54. The second-order valence-electron chi connectivity index (χ2n) is 7.58. The second kappa shape index (κ2) is 4.60. The van der Waals surface area contributed by atoms with E-state index in [1.807, 2.05) is 0 Å². The van der Waals surface area contributed by atoms with Crippen molar-refractivity contribution >= 4 is 0 Å². The Morgan fingerprint density at radius 1 is 0.500 bits per heavy atom. The van der Waals surface area contributed by atoms with Gasteiger partial charge in [0.05, 0.1) is 0 Å². The first-order chi connectivity index (χ1) is 11.9. The fraction of sp³-hybridized carbons (Fsp3) is 0.250. The van der Waals surface area contributed by atoms with Crippen molar-refractivity contribution < 1.29 is 0 Å². The SMILES string of the molecule is c1ccc2c(c1)C1c3ccccc3C2c2cc3c(cc21)CCCC3. The lowest BCUT2D eigenvalue weighted by molar-refractivity contribution is 0.673. The van der Waals surface area contributed by atoms with Crippen molar-refractivity contribution in [2.45, 2.75) is 37.5 Å². The van der Waals surface area contributed by atoms with E-state index >= 15 is 0 Å². The minimum Gasteiger partial charge on any atom is -0.0619 e. The topological polar surface area (TPSA) is 0 Å². The van der Waals surface area contributed by atoms with Crippen LogP contribution in [0.4, 0.5) is 0 Å². The van der Waals surface area contributed by atoms with E-state index in [-0.39, 0.29) is 0 Å². The Kier molecular flexibility index (Phi) is 2.49. The highest BCUT2D eigenvalue weighted by atomic mass is 14.4. The standard InChI is InChI=1S/C24H20/c1-2-8-16-14-22-21(13-15(16)7-1)23-17-9-3-5-11-19(17)24(22)20-12-6-4-10-18(20)23/h3-6,9-14,23-24H,1-2,7-8H2. The number of hydrogen-bond acceptors (Lipinski definition) is 0. The maximum absolute atomic E-state index is 2.56. The molecule has 0 heterocycles. The van der Waals surface area contributed by atoms with Crippen LogP contribution in [-0.4, -0.2) is 0 Å². The van der Waals surface area contributed by atoms with Crippen molar-refractivity contribution in [3.05, 3.63) is 105 Å². The van der Waals surface area contributed by atoms with Crippen LogP contribution in [0.2, 0.25) is 0 Å². The highest BCUT2D eigenvalue weighted by Crippen LogP contribution is 2.56. The summed E-state index contributed by atoms with van der Waals surface area (Å²) in [5, 5.41) is 0. The Bertz CT molecular complexity index is 853. The predicted molar refractivity (Wildman–Crippen MR) is 97.9 cm³/mol. The Morgan fingerprint density at radius 2 is 0.875 bits per heavy atom. The molecule has 0 nitrogen and oxygen atoms in total. The van der Waals surface area contributed by atoms with E-state index in [0.29, 0.717) is 11.8 Å². The van der Waals surface area contributed by atoms with Crippen LogP contribution >= 0.6 is 0 Å². The highest BCUT2D eigenvalue weighted by molar-refractivity contribution is 5.68. The second-order valence-corrected chi connectivity index (χ2v) is 7.58. The maximum atomic E-state index is 2.56. The Labute approximate surface area is 143 Å². The number of hydrogen-bond donors (Lipinski definition) is 0. The molecule has 0 aliphatic heterocycles. The lowest BCUT2D eigenvalue weighted by Crippen LogP contribution is -2.28. The Morgan fingerprint density at radius 3 is 1.25 bits per heavy atom. The molecule has 0 atom stereocenters. The van der Waals surface area contributed by atoms with E-state index in [1.54, 1.807) is 22.3 Å². The molecule has 24 heavy (non-hydrogen) atoms. The number of rotatable bonds is 0. The molecule has 0 saturated carbocycles. The molecule has 0 spiro atoms. The molecule has 0 amide bonds. The molecule has 4 aliphatic rings. The van der Waals surface area contributed by atoms with Crippen LogP contribution in [0.15, 0.2) is 60.7 Å². The lowest BCUT2D eigenvalue weighted by Gasteiger charge is -2.43. The molecule has 3 aromatic carbocycles. The van der Waals surface area contributed by atoms with Gasteiger partial charge in [-0.3, -0.25) is 0 Å². The third-order valence-corrected chi connectivity index (χ3v) is 6.41. The van der Waals surface area contributed by atoms with Crippen molar-refractivity contribution in [1.29, 1.82) is 0 Å². The van der Waals surface area contributed by atoms with Crippen LogP contribution in [0, 0.1) is 0 Å². The highest BCUT2D eigenvalue weighted by Gasteiger charge is 2.41. The lowest BCUT2D eigenvalue weighted by atomic mass is 9.60. The van der Waals surface area contributed by atoms with E-state index in [2.05, 4.69) is 60.7 Å². The maximum Gasteiger partial charge on any atom is 0.0349 e. The molecule has 0 aromatic heterocycles. The largest absolute Gasteiger partial charge is 0.0619 e. The summed E-state index contributed by atoms with van der Waals surface area (Å²) in [5.74, 6) is 0.870. The minimum absolute atomic E-state index is 0.435. The van der Waals surface area contributed by atoms with Gasteiger partial charge >= 0.3 is 0 Å². The summed E-state index contributed by atoms with van der Waals surface area (Å²) in [4.78, 5) is 0. The monoisotopic (exact) mass is 308 g/mol. The van der Waals surface area contributed by atoms with Crippen LogP contribution in [0.3, 0.4) is 0 Å². The fourth-order valence-electron chi connectivity index (χ4n) is 5.40. The minimum atomic E-state index is 0.435. The molecule has 116 valence electrons. The van der Waals surface area contributed by atoms with Crippen molar-refractivity contribution in [1.82, 2.24) is 0 Å². The molecule has 2 bridgehead atoms. The average Bonchev–Trinajstić information content (AvgIpc) is 2.66. The smallest absolute Gasteiger partial charge is 0.0349 e. The quantitative estimate of drug-likeness (QED) is 0.352. The molecule has 4 aliphatic carbocycles. The van der Waals surface area contributed by atoms with Gasteiger partial charge in [0.1, 0.15) is 0 Å². The van der Waals surface area contributed by atoms with Crippen LogP contribution < -0.4 is 0 Å². The van der Waals surface area contributed by atoms with Crippen LogP contribution in [0.5, 0.6) is 0 Å². The normalized spacial score (nSPS) is 22.3. The third-order valence-electron chi connectivity index (χ3n) is 6.41. The summed E-state index contributed by atoms with van der Waals surface area (Å²) >= 11 is 0. The zero-order chi connectivity index (χ0) is 15.7. The summed E-state index contributed by atoms with van der Waals surface area (Å²) in [6.07, 6.45) is 5.24. The van der Waals surface area contributed by atoms with Gasteiger partial charge in [0.2, 0.25) is 0 Å². The van der Waals surface area contributed by atoms with Crippen LogP contribution in [0.25, 0.3) is 0 Å². The van der Waals surface area contributed by atoms with Crippen molar-refractivity contribution in [2.24, 2.45) is 0 Å². The summed E-state index contributed by atoms with van der Waals surface area (Å²) in [5.41, 5.74) is 12.5. The predicted octanol–water partition coefficient (Wildman–Crippen LogP) is 5.55. The molecule has 0 unspecified atom stereocenters. The van der Waals surface area contributed by atoms with Gasteiger partial charge in [-0.25, -0.2) is 0 Å². The molecule has 3 aromatic rings. The molecule has 0 radical (unpaired) electrons. The van der Waals surface area contributed by atoms with E-state index in [4.69, 9.17) is 0 Å².